The van der Waals surface area contributed by atoms with Crippen molar-refractivity contribution in [2.75, 3.05) is 17.2 Å². The van der Waals surface area contributed by atoms with Crippen molar-refractivity contribution in [3.05, 3.63) is 78.5 Å². The molecule has 0 fully saturated rings. The summed E-state index contributed by atoms with van der Waals surface area (Å²) >= 11 is 0. The molecule has 0 aliphatic rings. The number of aryl methyl sites for hydroxylation is 1. The zero-order valence-electron chi connectivity index (χ0n) is 15.8. The molecule has 0 atom stereocenters. The predicted octanol–water partition coefficient (Wildman–Crippen LogP) is 4.80. The number of ether oxygens (including phenoxy) is 1. The Morgan fingerprint density at radius 3 is 2.46 bits per heavy atom. The molecule has 2 N–H and O–H groups in total. The SMILES string of the molecule is C/C=C/C(=O)COc1ccc(Nc2nc(Nc3ccccc3)ncc2C)cc1. The van der Waals surface area contributed by atoms with Crippen LogP contribution in [0.15, 0.2) is 72.9 Å². The van der Waals surface area contributed by atoms with Gasteiger partial charge in [0.05, 0.1) is 0 Å². The first-order valence-corrected chi connectivity index (χ1v) is 8.95. The Morgan fingerprint density at radius 1 is 1.04 bits per heavy atom. The van der Waals surface area contributed by atoms with Crippen molar-refractivity contribution in [1.82, 2.24) is 9.97 Å². The Bertz CT molecular complexity index is 954. The van der Waals surface area contributed by atoms with Gasteiger partial charge in [0.25, 0.3) is 0 Å². The molecule has 6 heteroatoms. The van der Waals surface area contributed by atoms with Crippen molar-refractivity contribution in [3.63, 3.8) is 0 Å². The highest BCUT2D eigenvalue weighted by Crippen LogP contribution is 2.22. The fourth-order valence-electron chi connectivity index (χ4n) is 2.44. The van der Waals surface area contributed by atoms with E-state index in [4.69, 9.17) is 4.74 Å². The molecule has 2 aromatic carbocycles. The van der Waals surface area contributed by atoms with Crippen LogP contribution in [0.5, 0.6) is 5.75 Å². The van der Waals surface area contributed by atoms with Gasteiger partial charge in [-0.05, 0) is 56.3 Å². The van der Waals surface area contributed by atoms with Gasteiger partial charge in [-0.25, -0.2) is 4.98 Å². The van der Waals surface area contributed by atoms with E-state index in [0.29, 0.717) is 17.5 Å². The van der Waals surface area contributed by atoms with E-state index in [9.17, 15) is 4.79 Å². The second kappa shape index (κ2) is 9.32. The number of carbonyl (C=O) groups excluding carboxylic acids is 1. The van der Waals surface area contributed by atoms with Crippen LogP contribution in [0.4, 0.5) is 23.1 Å². The number of allylic oxidation sites excluding steroid dienone is 1. The molecule has 0 spiro atoms. The van der Waals surface area contributed by atoms with Gasteiger partial charge in [-0.2, -0.15) is 4.98 Å². The first-order chi connectivity index (χ1) is 13.6. The number of aromatic nitrogens is 2. The number of nitrogens with one attached hydrogen (secondary N) is 2. The predicted molar refractivity (Wildman–Crippen MR) is 112 cm³/mol. The first-order valence-electron chi connectivity index (χ1n) is 8.95. The Labute approximate surface area is 164 Å². The molecule has 3 aromatic rings. The minimum atomic E-state index is -0.0697. The van der Waals surface area contributed by atoms with Crippen molar-refractivity contribution in [2.45, 2.75) is 13.8 Å². The zero-order chi connectivity index (χ0) is 19.8. The number of rotatable bonds is 8. The van der Waals surface area contributed by atoms with Crippen molar-refractivity contribution < 1.29 is 9.53 Å². The van der Waals surface area contributed by atoms with Crippen molar-refractivity contribution in [2.24, 2.45) is 0 Å². The normalized spacial score (nSPS) is 10.6. The van der Waals surface area contributed by atoms with Crippen LogP contribution in [-0.2, 0) is 4.79 Å². The number of hydrogen-bond donors (Lipinski definition) is 2. The van der Waals surface area contributed by atoms with E-state index in [1.54, 1.807) is 19.2 Å². The molecule has 0 bridgehead atoms. The number of hydrogen-bond acceptors (Lipinski definition) is 6. The number of nitrogens with zero attached hydrogens (tertiary/aromatic N) is 2. The lowest BCUT2D eigenvalue weighted by molar-refractivity contribution is -0.116. The van der Waals surface area contributed by atoms with Gasteiger partial charge in [0.2, 0.25) is 5.95 Å². The van der Waals surface area contributed by atoms with Gasteiger partial charge in [0.15, 0.2) is 12.4 Å². The molecule has 3 rings (SSSR count). The number of anilines is 4. The highest BCUT2D eigenvalue weighted by Gasteiger charge is 2.06. The third-order valence-electron chi connectivity index (χ3n) is 3.85. The third kappa shape index (κ3) is 5.41. The van der Waals surface area contributed by atoms with E-state index in [2.05, 4.69) is 20.6 Å². The molecular weight excluding hydrogens is 352 g/mol. The Balaban J connectivity index is 1.66. The summed E-state index contributed by atoms with van der Waals surface area (Å²) in [6.07, 6.45) is 4.96. The van der Waals surface area contributed by atoms with Crippen LogP contribution in [0.25, 0.3) is 0 Å². The van der Waals surface area contributed by atoms with E-state index in [-0.39, 0.29) is 12.4 Å². The summed E-state index contributed by atoms with van der Waals surface area (Å²) in [6, 6.07) is 17.1. The average Bonchev–Trinajstić information content (AvgIpc) is 2.71. The fourth-order valence-corrected chi connectivity index (χ4v) is 2.44. The lowest BCUT2D eigenvalue weighted by atomic mass is 10.2. The highest BCUT2D eigenvalue weighted by molar-refractivity contribution is 5.90. The molecule has 0 saturated carbocycles. The maximum atomic E-state index is 11.5. The summed E-state index contributed by atoms with van der Waals surface area (Å²) in [4.78, 5) is 20.4. The van der Waals surface area contributed by atoms with Crippen molar-refractivity contribution in [3.8, 4) is 5.75 Å². The summed E-state index contributed by atoms with van der Waals surface area (Å²) in [7, 11) is 0. The van der Waals surface area contributed by atoms with Crippen LogP contribution >= 0.6 is 0 Å². The molecule has 0 radical (unpaired) electrons. The number of ketones is 1. The van der Waals surface area contributed by atoms with Crippen molar-refractivity contribution in [1.29, 1.82) is 0 Å². The van der Waals surface area contributed by atoms with Gasteiger partial charge in [0.1, 0.15) is 11.6 Å². The quantitative estimate of drug-likeness (QED) is 0.552. The van der Waals surface area contributed by atoms with Gasteiger partial charge in [-0.3, -0.25) is 4.79 Å². The molecule has 0 unspecified atom stereocenters. The molecule has 0 saturated heterocycles. The lowest BCUT2D eigenvalue weighted by Crippen LogP contribution is -2.08. The number of carbonyl (C=O) groups is 1. The lowest BCUT2D eigenvalue weighted by Gasteiger charge is -2.11. The summed E-state index contributed by atoms with van der Waals surface area (Å²) in [6.45, 7) is 3.77. The van der Waals surface area contributed by atoms with Crippen LogP contribution in [0.2, 0.25) is 0 Å². The molecule has 0 aliphatic carbocycles. The van der Waals surface area contributed by atoms with Gasteiger partial charge in [0, 0.05) is 23.1 Å². The first kappa shape index (κ1) is 19.1. The minimum Gasteiger partial charge on any atom is -0.485 e. The van der Waals surface area contributed by atoms with Crippen molar-refractivity contribution >= 4 is 28.9 Å². The van der Waals surface area contributed by atoms with Crippen LogP contribution in [0.1, 0.15) is 12.5 Å². The average molecular weight is 374 g/mol. The van der Waals surface area contributed by atoms with E-state index >= 15 is 0 Å². The van der Waals surface area contributed by atoms with E-state index in [0.717, 1.165) is 16.9 Å². The van der Waals surface area contributed by atoms with Gasteiger partial charge >= 0.3 is 0 Å². The van der Waals surface area contributed by atoms with Crippen LogP contribution in [0.3, 0.4) is 0 Å². The van der Waals surface area contributed by atoms with E-state index < -0.39 is 0 Å². The van der Waals surface area contributed by atoms with E-state index in [1.807, 2.05) is 61.5 Å². The molecule has 6 nitrogen and oxygen atoms in total. The molecule has 0 aliphatic heterocycles. The maximum Gasteiger partial charge on any atom is 0.229 e. The van der Waals surface area contributed by atoms with Crippen LogP contribution in [-0.4, -0.2) is 22.4 Å². The standard InChI is InChI=1S/C22H22N4O2/c1-3-7-19(27)15-28-20-12-10-18(11-13-20)24-21-16(2)14-23-22(26-21)25-17-8-5-4-6-9-17/h3-14H,15H2,1-2H3,(H2,23,24,25,26)/b7-3+. The molecule has 28 heavy (non-hydrogen) atoms. The van der Waals surface area contributed by atoms with Gasteiger partial charge in [-0.15, -0.1) is 0 Å². The Hall–Kier alpha value is -3.67. The largest absolute Gasteiger partial charge is 0.485 e. The fraction of sp³-hybridized carbons (Fsp3) is 0.136. The smallest absolute Gasteiger partial charge is 0.229 e. The topological polar surface area (TPSA) is 76.1 Å². The zero-order valence-corrected chi connectivity index (χ0v) is 15.8. The van der Waals surface area contributed by atoms with E-state index in [1.165, 1.54) is 6.08 Å². The molecule has 142 valence electrons. The molecule has 1 aromatic heterocycles. The molecule has 0 amide bonds. The van der Waals surface area contributed by atoms with Crippen LogP contribution in [0, 0.1) is 6.92 Å². The molecular formula is C22H22N4O2. The van der Waals surface area contributed by atoms with Gasteiger partial charge in [-0.1, -0.05) is 24.3 Å². The Morgan fingerprint density at radius 2 is 1.75 bits per heavy atom. The second-order valence-electron chi connectivity index (χ2n) is 6.12. The summed E-state index contributed by atoms with van der Waals surface area (Å²) in [5.74, 6) is 1.79. The monoisotopic (exact) mass is 374 g/mol. The summed E-state index contributed by atoms with van der Waals surface area (Å²) in [5.41, 5.74) is 2.71. The summed E-state index contributed by atoms with van der Waals surface area (Å²) < 4.78 is 5.47. The third-order valence-corrected chi connectivity index (χ3v) is 3.85. The molecule has 1 heterocycles. The number of benzene rings is 2. The maximum absolute atomic E-state index is 11.5. The van der Waals surface area contributed by atoms with Gasteiger partial charge < -0.3 is 15.4 Å². The highest BCUT2D eigenvalue weighted by atomic mass is 16.5. The summed E-state index contributed by atoms with van der Waals surface area (Å²) in [5, 5.41) is 6.47. The number of para-hydroxylation sites is 1. The Kier molecular flexibility index (Phi) is 6.36. The van der Waals surface area contributed by atoms with Crippen LogP contribution < -0.4 is 15.4 Å². The second-order valence-corrected chi connectivity index (χ2v) is 6.12. The minimum absolute atomic E-state index is 0.0245.